The molecule has 2 fully saturated rings. The summed E-state index contributed by atoms with van der Waals surface area (Å²) in [5.41, 5.74) is 0.580. The molecule has 0 radical (unpaired) electrons. The molecule has 2 N–H and O–H groups in total. The number of fused-ring (bicyclic) bond motifs is 4. The monoisotopic (exact) mass is 459 g/mol. The number of nitrogens with one attached hydrogen (secondary N) is 2. The van der Waals surface area contributed by atoms with E-state index in [0.717, 1.165) is 32.1 Å². The van der Waals surface area contributed by atoms with E-state index in [1.165, 1.54) is 7.11 Å². The Morgan fingerprint density at radius 3 is 2.73 bits per heavy atom. The van der Waals surface area contributed by atoms with Gasteiger partial charge in [0.2, 0.25) is 5.91 Å². The van der Waals surface area contributed by atoms with Crippen LogP contribution in [-0.2, 0) is 19.1 Å². The highest BCUT2D eigenvalue weighted by Gasteiger charge is 2.45. The topological polar surface area (TPSA) is 106 Å². The van der Waals surface area contributed by atoms with Gasteiger partial charge in [-0.05, 0) is 30.9 Å². The molecule has 1 saturated carbocycles. The number of amides is 3. The summed E-state index contributed by atoms with van der Waals surface area (Å²) >= 11 is 0. The van der Waals surface area contributed by atoms with E-state index in [-0.39, 0.29) is 17.9 Å². The van der Waals surface area contributed by atoms with Gasteiger partial charge in [-0.15, -0.1) is 0 Å². The molecule has 180 valence electrons. The Bertz CT molecular complexity index is 856. The van der Waals surface area contributed by atoms with Crippen LogP contribution in [-0.4, -0.2) is 67.9 Å². The Morgan fingerprint density at radius 1 is 1.12 bits per heavy atom. The zero-order chi connectivity index (χ0) is 23.2. The van der Waals surface area contributed by atoms with Crippen molar-refractivity contribution < 1.29 is 28.6 Å². The number of benzene rings is 1. The van der Waals surface area contributed by atoms with Gasteiger partial charge in [0, 0.05) is 31.1 Å². The standard InChI is InChI=1S/C24H33N3O6/c1-31-23(29)20-14-19-15-27(20)22(28)21(16-7-3-2-4-8-16)26-24(30)25-17-9-5-10-18(13-17)32-11-6-12-33-19/h5,9-10,13,16,19-21H,2-4,6-8,11-12,14-15H2,1H3,(H2,25,26,30)/t19-,20+,21+/m1/s1. The molecule has 2 heterocycles. The number of nitrogens with zero attached hydrogens (tertiary/aromatic N) is 1. The third-order valence-corrected chi connectivity index (χ3v) is 6.70. The molecule has 1 aromatic rings. The Balaban J connectivity index is 1.61. The molecular weight excluding hydrogens is 426 g/mol. The van der Waals surface area contributed by atoms with E-state index in [4.69, 9.17) is 14.2 Å². The van der Waals surface area contributed by atoms with E-state index < -0.39 is 24.1 Å². The van der Waals surface area contributed by atoms with Gasteiger partial charge < -0.3 is 29.7 Å². The first kappa shape index (κ1) is 23.4. The smallest absolute Gasteiger partial charge is 0.328 e. The number of methoxy groups -OCH3 is 1. The molecule has 3 aliphatic rings. The zero-order valence-corrected chi connectivity index (χ0v) is 19.1. The number of urea groups is 1. The van der Waals surface area contributed by atoms with Gasteiger partial charge in [0.05, 0.1) is 26.4 Å². The van der Waals surface area contributed by atoms with Gasteiger partial charge >= 0.3 is 12.0 Å². The lowest BCUT2D eigenvalue weighted by Gasteiger charge is -2.34. The van der Waals surface area contributed by atoms with Crippen LogP contribution in [0.25, 0.3) is 0 Å². The minimum absolute atomic E-state index is 0.0174. The summed E-state index contributed by atoms with van der Waals surface area (Å²) in [6.07, 6.45) is 5.65. The second-order valence-corrected chi connectivity index (χ2v) is 8.96. The number of hydrogen-bond acceptors (Lipinski definition) is 6. The third-order valence-electron chi connectivity index (χ3n) is 6.70. The van der Waals surface area contributed by atoms with Gasteiger partial charge in [-0.3, -0.25) is 4.79 Å². The summed E-state index contributed by atoms with van der Waals surface area (Å²) in [6.45, 7) is 1.21. The SMILES string of the molecule is COC(=O)[C@@H]1C[C@@H]2CN1C(=O)[C@H](C1CCCCC1)NC(=O)Nc1cccc(c1)OCCCO2. The van der Waals surface area contributed by atoms with Crippen LogP contribution in [0.5, 0.6) is 5.75 Å². The molecule has 33 heavy (non-hydrogen) atoms. The van der Waals surface area contributed by atoms with Gasteiger partial charge in [0.25, 0.3) is 0 Å². The molecule has 3 amide bonds. The lowest BCUT2D eigenvalue weighted by atomic mass is 9.83. The van der Waals surface area contributed by atoms with Crippen molar-refractivity contribution in [1.82, 2.24) is 10.2 Å². The zero-order valence-electron chi connectivity index (χ0n) is 19.1. The van der Waals surface area contributed by atoms with Crippen LogP contribution in [0.3, 0.4) is 0 Å². The number of carbonyl (C=O) groups is 3. The Kier molecular flexibility index (Phi) is 7.69. The number of anilines is 1. The van der Waals surface area contributed by atoms with E-state index in [9.17, 15) is 14.4 Å². The first-order valence-electron chi connectivity index (χ1n) is 11.9. The Morgan fingerprint density at radius 2 is 1.94 bits per heavy atom. The normalized spacial score (nSPS) is 27.3. The highest BCUT2D eigenvalue weighted by molar-refractivity contribution is 5.95. The molecule has 0 spiro atoms. The molecule has 9 heteroatoms. The van der Waals surface area contributed by atoms with Gasteiger partial charge in [0.1, 0.15) is 17.8 Å². The van der Waals surface area contributed by atoms with Crippen molar-refractivity contribution >= 4 is 23.6 Å². The number of hydrogen-bond donors (Lipinski definition) is 2. The van der Waals surface area contributed by atoms with Crippen LogP contribution in [0.1, 0.15) is 44.9 Å². The summed E-state index contributed by atoms with van der Waals surface area (Å²) in [5, 5.41) is 5.74. The van der Waals surface area contributed by atoms with Crippen molar-refractivity contribution in [3.05, 3.63) is 24.3 Å². The fourth-order valence-corrected chi connectivity index (χ4v) is 5.02. The van der Waals surface area contributed by atoms with Crippen LogP contribution < -0.4 is 15.4 Å². The molecule has 0 unspecified atom stereocenters. The minimum Gasteiger partial charge on any atom is -0.493 e. The van der Waals surface area contributed by atoms with Crippen molar-refractivity contribution in [2.24, 2.45) is 5.92 Å². The summed E-state index contributed by atoms with van der Waals surface area (Å²) < 4.78 is 16.7. The maximum Gasteiger partial charge on any atom is 0.328 e. The average molecular weight is 460 g/mol. The summed E-state index contributed by atoms with van der Waals surface area (Å²) in [5.74, 6) is -0.0392. The fourth-order valence-electron chi connectivity index (χ4n) is 5.02. The number of rotatable bonds is 2. The molecule has 1 aromatic carbocycles. The van der Waals surface area contributed by atoms with Crippen LogP contribution in [0.15, 0.2) is 24.3 Å². The molecule has 9 nitrogen and oxygen atoms in total. The van der Waals surface area contributed by atoms with Crippen molar-refractivity contribution in [3.63, 3.8) is 0 Å². The average Bonchev–Trinajstić information content (AvgIpc) is 3.26. The van der Waals surface area contributed by atoms with Crippen LogP contribution in [0, 0.1) is 5.92 Å². The highest BCUT2D eigenvalue weighted by Crippen LogP contribution is 2.30. The van der Waals surface area contributed by atoms with Crippen molar-refractivity contribution in [2.45, 2.75) is 63.1 Å². The lowest BCUT2D eigenvalue weighted by molar-refractivity contribution is -0.152. The van der Waals surface area contributed by atoms with Crippen LogP contribution in [0.4, 0.5) is 10.5 Å². The molecule has 4 bridgehead atoms. The third kappa shape index (κ3) is 5.76. The van der Waals surface area contributed by atoms with Crippen molar-refractivity contribution in [3.8, 4) is 5.75 Å². The molecular formula is C24H33N3O6. The van der Waals surface area contributed by atoms with E-state index in [2.05, 4.69) is 10.6 Å². The van der Waals surface area contributed by atoms with E-state index in [1.54, 1.807) is 23.1 Å². The summed E-state index contributed by atoms with van der Waals surface area (Å²) in [7, 11) is 1.32. The predicted octanol–water partition coefficient (Wildman–Crippen LogP) is 2.70. The first-order valence-corrected chi connectivity index (χ1v) is 11.9. The molecule has 1 aliphatic carbocycles. The summed E-state index contributed by atoms with van der Waals surface area (Å²) in [6, 6.07) is 5.27. The minimum atomic E-state index is -0.719. The molecule has 0 aromatic heterocycles. The van der Waals surface area contributed by atoms with Gasteiger partial charge in [-0.2, -0.15) is 0 Å². The van der Waals surface area contributed by atoms with Crippen LogP contribution in [0.2, 0.25) is 0 Å². The summed E-state index contributed by atoms with van der Waals surface area (Å²) in [4.78, 5) is 40.7. The van der Waals surface area contributed by atoms with E-state index >= 15 is 0 Å². The van der Waals surface area contributed by atoms with Crippen molar-refractivity contribution in [1.29, 1.82) is 0 Å². The number of ether oxygens (including phenoxy) is 3. The van der Waals surface area contributed by atoms with Gasteiger partial charge in [0.15, 0.2) is 0 Å². The first-order chi connectivity index (χ1) is 16.0. The molecule has 1 saturated heterocycles. The Hall–Kier alpha value is -2.81. The fraction of sp³-hybridized carbons (Fsp3) is 0.625. The molecule has 2 aliphatic heterocycles. The maximum absolute atomic E-state index is 13.7. The number of carbonyl (C=O) groups excluding carboxylic acids is 3. The molecule has 4 rings (SSSR count). The predicted molar refractivity (Wildman–Crippen MR) is 121 cm³/mol. The highest BCUT2D eigenvalue weighted by atomic mass is 16.5. The van der Waals surface area contributed by atoms with Gasteiger partial charge in [-0.25, -0.2) is 9.59 Å². The second kappa shape index (κ2) is 10.9. The quantitative estimate of drug-likeness (QED) is 0.659. The Labute approximate surface area is 194 Å². The maximum atomic E-state index is 13.7. The number of esters is 1. The van der Waals surface area contributed by atoms with E-state index in [1.807, 2.05) is 6.07 Å². The largest absolute Gasteiger partial charge is 0.493 e. The van der Waals surface area contributed by atoms with Crippen LogP contribution >= 0.6 is 0 Å². The van der Waals surface area contributed by atoms with E-state index in [0.29, 0.717) is 44.0 Å². The van der Waals surface area contributed by atoms with Crippen molar-refractivity contribution in [2.75, 3.05) is 32.2 Å². The molecule has 3 atom stereocenters. The lowest BCUT2D eigenvalue weighted by Crippen LogP contribution is -2.56. The second-order valence-electron chi connectivity index (χ2n) is 8.96. The van der Waals surface area contributed by atoms with Gasteiger partial charge in [-0.1, -0.05) is 25.3 Å².